The summed E-state index contributed by atoms with van der Waals surface area (Å²) in [6.07, 6.45) is 4.81. The third kappa shape index (κ3) is 3.09. The van der Waals surface area contributed by atoms with Gasteiger partial charge in [-0.05, 0) is 50.5 Å². The molecule has 0 unspecified atom stereocenters. The van der Waals surface area contributed by atoms with Gasteiger partial charge in [0.05, 0.1) is 17.9 Å². The van der Waals surface area contributed by atoms with Crippen LogP contribution in [-0.2, 0) is 0 Å². The van der Waals surface area contributed by atoms with Gasteiger partial charge in [-0.25, -0.2) is 14.5 Å². The molecule has 128 valence electrons. The van der Waals surface area contributed by atoms with E-state index in [-0.39, 0.29) is 11.9 Å². The van der Waals surface area contributed by atoms with Crippen LogP contribution >= 0.6 is 11.6 Å². The first kappa shape index (κ1) is 16.0. The van der Waals surface area contributed by atoms with Crippen LogP contribution in [-0.4, -0.2) is 36.9 Å². The Bertz CT molecular complexity index is 938. The molecule has 25 heavy (non-hydrogen) atoms. The number of hydrogen-bond donors (Lipinski definition) is 0. The van der Waals surface area contributed by atoms with Crippen LogP contribution in [0.3, 0.4) is 0 Å². The summed E-state index contributed by atoms with van der Waals surface area (Å²) in [5.41, 5.74) is 2.89. The summed E-state index contributed by atoms with van der Waals surface area (Å²) in [5.74, 6) is -0.0450. The topological polar surface area (TPSA) is 63.4 Å². The fourth-order valence-electron chi connectivity index (χ4n) is 3.33. The van der Waals surface area contributed by atoms with Gasteiger partial charge in [0.1, 0.15) is 10.8 Å². The van der Waals surface area contributed by atoms with Crippen molar-refractivity contribution in [1.82, 2.24) is 24.5 Å². The number of hydrogen-bond acceptors (Lipinski definition) is 4. The zero-order valence-electron chi connectivity index (χ0n) is 13.9. The molecule has 0 radical (unpaired) electrons. The summed E-state index contributed by atoms with van der Waals surface area (Å²) in [5, 5.41) is 4.65. The number of piperidine rings is 1. The molecule has 0 aliphatic carbocycles. The number of aromatic nitrogens is 4. The molecule has 1 amide bonds. The van der Waals surface area contributed by atoms with E-state index in [1.807, 2.05) is 36.2 Å². The number of nitrogens with zero attached hydrogens (tertiary/aromatic N) is 5. The number of halogens is 1. The lowest BCUT2D eigenvalue weighted by atomic mass is 9.99. The van der Waals surface area contributed by atoms with Crippen LogP contribution in [0, 0.1) is 6.92 Å². The zero-order valence-corrected chi connectivity index (χ0v) is 14.6. The summed E-state index contributed by atoms with van der Waals surface area (Å²) in [7, 11) is 0. The molecule has 1 saturated heterocycles. The second-order valence-electron chi connectivity index (χ2n) is 6.30. The summed E-state index contributed by atoms with van der Waals surface area (Å²) in [4.78, 5) is 23.9. The van der Waals surface area contributed by atoms with E-state index >= 15 is 0 Å². The largest absolute Gasteiger partial charge is 0.329 e. The number of rotatable bonds is 2. The van der Waals surface area contributed by atoms with Gasteiger partial charge < -0.3 is 4.90 Å². The Morgan fingerprint density at radius 3 is 2.92 bits per heavy atom. The molecule has 0 aromatic carbocycles. The molecular weight excluding hydrogens is 338 g/mol. The van der Waals surface area contributed by atoms with Crippen LogP contribution in [0.4, 0.5) is 0 Å². The van der Waals surface area contributed by atoms with Crippen LogP contribution in [0.2, 0.25) is 5.15 Å². The predicted octanol–water partition coefficient (Wildman–Crippen LogP) is 3.45. The average molecular weight is 356 g/mol. The van der Waals surface area contributed by atoms with Crippen LogP contribution < -0.4 is 0 Å². The number of aryl methyl sites for hydroxylation is 1. The number of amides is 1. The monoisotopic (exact) mass is 355 g/mol. The summed E-state index contributed by atoms with van der Waals surface area (Å²) in [6.45, 7) is 2.60. The number of carbonyl (C=O) groups excluding carboxylic acids is 1. The maximum Gasteiger partial charge on any atom is 0.273 e. The zero-order chi connectivity index (χ0) is 17.4. The molecule has 7 heteroatoms. The van der Waals surface area contributed by atoms with Crippen molar-refractivity contribution in [3.05, 3.63) is 58.8 Å². The molecule has 0 bridgehead atoms. The normalized spacial score (nSPS) is 17.8. The van der Waals surface area contributed by atoms with Gasteiger partial charge in [-0.2, -0.15) is 5.10 Å². The highest BCUT2D eigenvalue weighted by Gasteiger charge is 2.31. The summed E-state index contributed by atoms with van der Waals surface area (Å²) < 4.78 is 1.67. The van der Waals surface area contributed by atoms with Gasteiger partial charge in [0.25, 0.3) is 5.91 Å². The van der Waals surface area contributed by atoms with Crippen molar-refractivity contribution < 1.29 is 4.79 Å². The van der Waals surface area contributed by atoms with E-state index in [1.165, 1.54) is 0 Å². The fraction of sp³-hybridized carbons (Fsp3) is 0.333. The minimum Gasteiger partial charge on any atom is -0.329 e. The first-order valence-electron chi connectivity index (χ1n) is 8.38. The molecular formula is C18H18ClN5O. The van der Waals surface area contributed by atoms with Gasteiger partial charge in [-0.3, -0.25) is 4.79 Å². The minimum absolute atomic E-state index is 0.0450. The molecule has 6 nitrogen and oxygen atoms in total. The maximum absolute atomic E-state index is 13.0. The molecule has 0 spiro atoms. The first-order chi connectivity index (χ1) is 12.1. The van der Waals surface area contributed by atoms with Gasteiger partial charge in [0.2, 0.25) is 0 Å². The van der Waals surface area contributed by atoms with Gasteiger partial charge >= 0.3 is 0 Å². The Kier molecular flexibility index (Phi) is 4.13. The molecule has 0 saturated carbocycles. The van der Waals surface area contributed by atoms with E-state index in [0.29, 0.717) is 17.4 Å². The van der Waals surface area contributed by atoms with Crippen LogP contribution in [0.1, 0.15) is 47.2 Å². The van der Waals surface area contributed by atoms with Crippen LogP contribution in [0.5, 0.6) is 0 Å². The molecule has 4 heterocycles. The Balaban J connectivity index is 1.69. The van der Waals surface area contributed by atoms with E-state index in [1.54, 1.807) is 16.6 Å². The second-order valence-corrected chi connectivity index (χ2v) is 6.69. The van der Waals surface area contributed by atoms with E-state index in [4.69, 9.17) is 11.6 Å². The lowest BCUT2D eigenvalue weighted by Gasteiger charge is -2.34. The smallest absolute Gasteiger partial charge is 0.273 e. The van der Waals surface area contributed by atoms with Crippen molar-refractivity contribution in [1.29, 1.82) is 0 Å². The second kappa shape index (κ2) is 6.44. The average Bonchev–Trinajstić information content (AvgIpc) is 3.04. The maximum atomic E-state index is 13.0. The number of pyridine rings is 1. The van der Waals surface area contributed by atoms with Crippen molar-refractivity contribution in [2.24, 2.45) is 0 Å². The molecule has 1 aliphatic heterocycles. The molecule has 1 aliphatic rings. The number of imidazole rings is 1. The standard InChI is InChI=1S/C18H18ClN5O/c1-12-5-4-6-13(20-12)18(25)23-10-3-2-7-15(23)14-11-24-17(21-14)9-8-16(19)22-24/h4-6,8-9,11,15H,2-3,7,10H2,1H3/t15-/m0/s1. The van der Waals surface area contributed by atoms with E-state index in [9.17, 15) is 4.79 Å². The van der Waals surface area contributed by atoms with Gasteiger partial charge in [-0.15, -0.1) is 0 Å². The Morgan fingerprint density at radius 2 is 2.08 bits per heavy atom. The summed E-state index contributed by atoms with van der Waals surface area (Å²) in [6, 6.07) is 9.01. The predicted molar refractivity (Wildman–Crippen MR) is 94.6 cm³/mol. The third-order valence-electron chi connectivity index (χ3n) is 4.52. The fourth-order valence-corrected chi connectivity index (χ4v) is 3.47. The minimum atomic E-state index is -0.0657. The molecule has 0 N–H and O–H groups in total. The SMILES string of the molecule is Cc1cccc(C(=O)N2CCCC[C@H]2c2cn3nc(Cl)ccc3n2)n1. The van der Waals surface area contributed by atoms with Gasteiger partial charge in [0, 0.05) is 12.2 Å². The van der Waals surface area contributed by atoms with Crippen molar-refractivity contribution in [2.75, 3.05) is 6.54 Å². The van der Waals surface area contributed by atoms with E-state index < -0.39 is 0 Å². The number of fused-ring (bicyclic) bond motifs is 1. The Hall–Kier alpha value is -2.47. The van der Waals surface area contributed by atoms with E-state index in [2.05, 4.69) is 15.1 Å². The Labute approximate surface area is 150 Å². The van der Waals surface area contributed by atoms with Crippen LogP contribution in [0.25, 0.3) is 5.65 Å². The third-order valence-corrected chi connectivity index (χ3v) is 4.72. The molecule has 3 aromatic heterocycles. The molecule has 1 atom stereocenters. The van der Waals surface area contributed by atoms with Gasteiger partial charge in [-0.1, -0.05) is 17.7 Å². The lowest BCUT2D eigenvalue weighted by Crippen LogP contribution is -2.39. The van der Waals surface area contributed by atoms with Crippen molar-refractivity contribution in [2.45, 2.75) is 32.2 Å². The quantitative estimate of drug-likeness (QED) is 0.706. The van der Waals surface area contributed by atoms with Crippen molar-refractivity contribution in [3.63, 3.8) is 0 Å². The molecule has 3 aromatic rings. The summed E-state index contributed by atoms with van der Waals surface area (Å²) >= 11 is 5.96. The molecule has 1 fully saturated rings. The van der Waals surface area contributed by atoms with Gasteiger partial charge in [0.15, 0.2) is 5.65 Å². The highest BCUT2D eigenvalue weighted by Crippen LogP contribution is 2.31. The van der Waals surface area contributed by atoms with E-state index in [0.717, 1.165) is 36.3 Å². The van der Waals surface area contributed by atoms with Crippen LogP contribution in [0.15, 0.2) is 36.5 Å². The highest BCUT2D eigenvalue weighted by molar-refractivity contribution is 6.29. The van der Waals surface area contributed by atoms with Crippen molar-refractivity contribution in [3.8, 4) is 0 Å². The lowest BCUT2D eigenvalue weighted by molar-refractivity contribution is 0.0600. The van der Waals surface area contributed by atoms with Crippen molar-refractivity contribution >= 4 is 23.2 Å². The first-order valence-corrected chi connectivity index (χ1v) is 8.76. The highest BCUT2D eigenvalue weighted by atomic mass is 35.5. The number of carbonyl (C=O) groups is 1. The molecule has 4 rings (SSSR count). The number of likely N-dealkylation sites (tertiary alicyclic amines) is 1. The Morgan fingerprint density at radius 1 is 1.20 bits per heavy atom.